The second-order valence-corrected chi connectivity index (χ2v) is 7.80. The van der Waals surface area contributed by atoms with E-state index in [1.54, 1.807) is 22.9 Å². The molecular weight excluding hydrogens is 411 g/mol. The number of aliphatic hydroxyl groups is 1. The maximum atomic E-state index is 13.6. The maximum Gasteiger partial charge on any atom is 0.310 e. The number of carbonyl (C=O) groups excluding carboxylic acids is 1. The quantitative estimate of drug-likeness (QED) is 0.478. The average Bonchev–Trinajstić information content (AvgIpc) is 3.12. The first-order valence-electron chi connectivity index (χ1n) is 10.3. The van der Waals surface area contributed by atoms with Gasteiger partial charge >= 0.3 is 5.97 Å². The van der Waals surface area contributed by atoms with Gasteiger partial charge < -0.3 is 10.2 Å². The molecule has 1 heterocycles. The number of aromatic nitrogens is 2. The molecule has 7 heteroatoms. The van der Waals surface area contributed by atoms with Crippen molar-refractivity contribution in [2.75, 3.05) is 0 Å². The van der Waals surface area contributed by atoms with Crippen LogP contribution < -0.4 is 0 Å². The Balaban J connectivity index is 2.09. The highest BCUT2D eigenvalue weighted by Crippen LogP contribution is 2.33. The summed E-state index contributed by atoms with van der Waals surface area (Å²) in [6, 6.07) is 15.6. The summed E-state index contributed by atoms with van der Waals surface area (Å²) >= 11 is 0. The number of aliphatic carboxylic acids is 1. The second-order valence-electron chi connectivity index (χ2n) is 7.80. The highest BCUT2D eigenvalue weighted by Gasteiger charge is 2.21. The third-order valence-corrected chi connectivity index (χ3v) is 4.89. The van der Waals surface area contributed by atoms with Crippen LogP contribution in [-0.2, 0) is 9.59 Å². The minimum Gasteiger partial charge on any atom is -0.481 e. The molecule has 3 rings (SSSR count). The number of halogens is 1. The first-order chi connectivity index (χ1) is 15.3. The highest BCUT2D eigenvalue weighted by atomic mass is 19.1. The van der Waals surface area contributed by atoms with Crippen LogP contribution in [0.25, 0.3) is 23.0 Å². The number of hydrogen-bond donors (Lipinski definition) is 2. The van der Waals surface area contributed by atoms with Crippen molar-refractivity contribution in [2.45, 2.75) is 38.7 Å². The highest BCUT2D eigenvalue weighted by molar-refractivity contribution is 5.95. The lowest BCUT2D eigenvalue weighted by molar-refractivity contribution is -0.140. The Morgan fingerprint density at radius 1 is 1.09 bits per heavy atom. The predicted octanol–water partition coefficient (Wildman–Crippen LogP) is 4.61. The van der Waals surface area contributed by atoms with Gasteiger partial charge in [0, 0.05) is 17.5 Å². The summed E-state index contributed by atoms with van der Waals surface area (Å²) in [6.45, 7) is 3.99. The number of hydrogen-bond acceptors (Lipinski definition) is 4. The topological polar surface area (TPSA) is 92.4 Å². The number of rotatable bonds is 9. The minimum atomic E-state index is -1.23. The summed E-state index contributed by atoms with van der Waals surface area (Å²) < 4.78 is 15.4. The molecule has 166 valence electrons. The Hall–Kier alpha value is -3.58. The Labute approximate surface area is 185 Å². The summed E-state index contributed by atoms with van der Waals surface area (Å²) in [5, 5.41) is 23.8. The zero-order valence-electron chi connectivity index (χ0n) is 17.9. The van der Waals surface area contributed by atoms with E-state index in [1.807, 2.05) is 44.2 Å². The zero-order chi connectivity index (χ0) is 23.3. The van der Waals surface area contributed by atoms with E-state index in [1.165, 1.54) is 18.2 Å². The molecule has 0 aliphatic rings. The molecule has 1 aromatic heterocycles. The molecule has 0 saturated carbocycles. The molecule has 2 aromatic carbocycles. The Morgan fingerprint density at radius 3 is 2.34 bits per heavy atom. The summed E-state index contributed by atoms with van der Waals surface area (Å²) in [6.07, 6.45) is 1.10. The molecule has 0 amide bonds. The van der Waals surface area contributed by atoms with Gasteiger partial charge in [-0.1, -0.05) is 44.2 Å². The Kier molecular flexibility index (Phi) is 7.33. The van der Waals surface area contributed by atoms with Crippen LogP contribution >= 0.6 is 0 Å². The molecule has 0 bridgehead atoms. The van der Waals surface area contributed by atoms with Gasteiger partial charge in [-0.2, -0.15) is 5.10 Å². The number of Topliss-reactive ketones (excluding diaryl/α,β-unsaturated/α-hetero) is 1. The van der Waals surface area contributed by atoms with Crippen LogP contribution in [0.5, 0.6) is 0 Å². The molecule has 0 spiro atoms. The van der Waals surface area contributed by atoms with E-state index < -0.39 is 24.3 Å². The lowest BCUT2D eigenvalue weighted by atomic mass is 9.98. The summed E-state index contributed by atoms with van der Waals surface area (Å²) in [7, 11) is 0. The molecular formula is C25H25FN2O4. The van der Waals surface area contributed by atoms with Gasteiger partial charge in [-0.15, -0.1) is 0 Å². The van der Waals surface area contributed by atoms with E-state index in [9.17, 15) is 19.1 Å². The Morgan fingerprint density at radius 2 is 1.75 bits per heavy atom. The smallest absolute Gasteiger partial charge is 0.310 e. The number of aliphatic hydroxyl groups excluding tert-OH is 1. The molecule has 1 atom stereocenters. The molecule has 0 radical (unpaired) electrons. The molecule has 6 nitrogen and oxygen atoms in total. The summed E-state index contributed by atoms with van der Waals surface area (Å²) in [4.78, 5) is 22.4. The van der Waals surface area contributed by atoms with Gasteiger partial charge in [0.25, 0.3) is 0 Å². The van der Waals surface area contributed by atoms with Gasteiger partial charge in [-0.3, -0.25) is 9.59 Å². The van der Waals surface area contributed by atoms with Crippen LogP contribution in [0.2, 0.25) is 0 Å². The van der Waals surface area contributed by atoms with E-state index in [4.69, 9.17) is 10.2 Å². The number of benzene rings is 2. The van der Waals surface area contributed by atoms with Crippen LogP contribution in [-0.4, -0.2) is 37.9 Å². The lowest BCUT2D eigenvalue weighted by Gasteiger charge is -2.10. The SMILES string of the molecule is CC(C)c1nn(-c2ccccc2)c(-c2ccc(F)cc2)c1/C=C/C(O)CC(=O)CC(=O)O. The fourth-order valence-electron chi connectivity index (χ4n) is 3.43. The standard InChI is InChI=1S/C25H25FN2O4/c1-16(2)24-22(13-12-20(29)14-21(30)15-23(31)32)25(17-8-10-18(26)11-9-17)28(27-24)19-6-4-3-5-7-19/h3-13,16,20,29H,14-15H2,1-2H3,(H,31,32)/b13-12+. The normalized spacial score (nSPS) is 12.4. The molecule has 1 unspecified atom stereocenters. The van der Waals surface area contributed by atoms with Gasteiger partial charge in [-0.05, 0) is 42.3 Å². The number of carboxylic acids is 1. The van der Waals surface area contributed by atoms with E-state index in [-0.39, 0.29) is 18.2 Å². The lowest BCUT2D eigenvalue weighted by Crippen LogP contribution is -2.14. The number of ketones is 1. The Bertz CT molecular complexity index is 1120. The number of carbonyl (C=O) groups is 2. The first kappa shape index (κ1) is 23.1. The van der Waals surface area contributed by atoms with Crippen molar-refractivity contribution in [3.63, 3.8) is 0 Å². The van der Waals surface area contributed by atoms with Crippen molar-refractivity contribution in [3.05, 3.63) is 77.7 Å². The third kappa shape index (κ3) is 5.56. The average molecular weight is 436 g/mol. The van der Waals surface area contributed by atoms with Gasteiger partial charge in [0.1, 0.15) is 18.0 Å². The van der Waals surface area contributed by atoms with Crippen LogP contribution in [0, 0.1) is 5.82 Å². The van der Waals surface area contributed by atoms with Crippen molar-refractivity contribution >= 4 is 17.8 Å². The van der Waals surface area contributed by atoms with Crippen LogP contribution in [0.1, 0.15) is 43.9 Å². The van der Waals surface area contributed by atoms with Crippen molar-refractivity contribution in [1.29, 1.82) is 0 Å². The monoisotopic (exact) mass is 436 g/mol. The van der Waals surface area contributed by atoms with Gasteiger partial charge in [0.15, 0.2) is 0 Å². The summed E-state index contributed by atoms with van der Waals surface area (Å²) in [5.41, 5.74) is 3.80. The molecule has 2 N–H and O–H groups in total. The van der Waals surface area contributed by atoms with Crippen molar-refractivity contribution in [3.8, 4) is 16.9 Å². The number of carboxylic acid groups (broad SMARTS) is 1. The second kappa shape index (κ2) is 10.2. The molecule has 0 aliphatic heterocycles. The molecule has 32 heavy (non-hydrogen) atoms. The molecule has 3 aromatic rings. The van der Waals surface area contributed by atoms with E-state index >= 15 is 0 Å². The molecule has 0 aliphatic carbocycles. The fourth-order valence-corrected chi connectivity index (χ4v) is 3.43. The van der Waals surface area contributed by atoms with Crippen LogP contribution in [0.3, 0.4) is 0 Å². The van der Waals surface area contributed by atoms with Crippen molar-refractivity contribution < 1.29 is 24.2 Å². The fraction of sp³-hybridized carbons (Fsp3) is 0.240. The van der Waals surface area contributed by atoms with E-state index in [0.29, 0.717) is 0 Å². The minimum absolute atomic E-state index is 0.0459. The van der Waals surface area contributed by atoms with Crippen LogP contribution in [0.4, 0.5) is 4.39 Å². The van der Waals surface area contributed by atoms with Crippen molar-refractivity contribution in [2.24, 2.45) is 0 Å². The molecule has 0 saturated heterocycles. The summed E-state index contributed by atoms with van der Waals surface area (Å²) in [5.74, 6) is -2.09. The number of nitrogens with zero attached hydrogens (tertiary/aromatic N) is 2. The van der Waals surface area contributed by atoms with E-state index in [2.05, 4.69) is 0 Å². The number of para-hydroxylation sites is 1. The predicted molar refractivity (Wildman–Crippen MR) is 120 cm³/mol. The molecule has 0 fully saturated rings. The van der Waals surface area contributed by atoms with Crippen molar-refractivity contribution in [1.82, 2.24) is 9.78 Å². The van der Waals surface area contributed by atoms with Crippen LogP contribution in [0.15, 0.2) is 60.7 Å². The zero-order valence-corrected chi connectivity index (χ0v) is 17.9. The van der Waals surface area contributed by atoms with Gasteiger partial charge in [0.05, 0.1) is 23.2 Å². The maximum absolute atomic E-state index is 13.6. The largest absolute Gasteiger partial charge is 0.481 e. The van der Waals surface area contributed by atoms with E-state index in [0.717, 1.165) is 28.2 Å². The third-order valence-electron chi connectivity index (χ3n) is 4.89. The first-order valence-corrected chi connectivity index (χ1v) is 10.3. The van der Waals surface area contributed by atoms with Gasteiger partial charge in [0.2, 0.25) is 0 Å². The van der Waals surface area contributed by atoms with Gasteiger partial charge in [-0.25, -0.2) is 9.07 Å².